The molecule has 7 heteroatoms. The molecule has 2 rings (SSSR count). The molecule has 0 aliphatic heterocycles. The fourth-order valence-electron chi connectivity index (χ4n) is 1.79. The van der Waals surface area contributed by atoms with Gasteiger partial charge in [0.25, 0.3) is 0 Å². The van der Waals surface area contributed by atoms with E-state index in [0.717, 1.165) is 4.88 Å². The van der Waals surface area contributed by atoms with Crippen molar-refractivity contribution < 1.29 is 8.42 Å². The number of nitrogens with one attached hydrogen (secondary N) is 1. The summed E-state index contributed by atoms with van der Waals surface area (Å²) in [7, 11) is -3.74. The van der Waals surface area contributed by atoms with Crippen LogP contribution in [0.3, 0.4) is 0 Å². The van der Waals surface area contributed by atoms with Crippen LogP contribution in [0.4, 0.5) is 0 Å². The van der Waals surface area contributed by atoms with E-state index in [0.29, 0.717) is 6.42 Å². The van der Waals surface area contributed by atoms with Crippen LogP contribution in [0.1, 0.15) is 17.5 Å². The van der Waals surface area contributed by atoms with Gasteiger partial charge in [0.2, 0.25) is 10.0 Å². The van der Waals surface area contributed by atoms with E-state index in [2.05, 4.69) is 9.71 Å². The summed E-state index contributed by atoms with van der Waals surface area (Å²) in [5.74, 6) is 0. The Morgan fingerprint density at radius 2 is 2.25 bits per heavy atom. The second-order valence-corrected chi connectivity index (χ2v) is 6.98. The van der Waals surface area contributed by atoms with Gasteiger partial charge in [0.15, 0.2) is 5.69 Å². The topological polar surface area (TPSA) is 82.8 Å². The molecule has 0 aliphatic rings. The van der Waals surface area contributed by atoms with Crippen molar-refractivity contribution in [1.29, 1.82) is 5.26 Å². The predicted molar refractivity (Wildman–Crippen MR) is 76.8 cm³/mol. The monoisotopic (exact) mass is 307 g/mol. The average Bonchev–Trinajstić information content (AvgIpc) is 2.90. The van der Waals surface area contributed by atoms with E-state index < -0.39 is 10.0 Å². The van der Waals surface area contributed by atoms with E-state index in [1.807, 2.05) is 17.5 Å². The molecule has 0 amide bonds. The minimum absolute atomic E-state index is 0.0828. The van der Waals surface area contributed by atoms with Crippen LogP contribution >= 0.6 is 11.3 Å². The number of nitriles is 1. The first-order valence-corrected chi connectivity index (χ1v) is 8.29. The highest BCUT2D eigenvalue weighted by atomic mass is 32.2. The van der Waals surface area contributed by atoms with Crippen molar-refractivity contribution >= 4 is 21.4 Å². The van der Waals surface area contributed by atoms with Crippen LogP contribution in [0, 0.1) is 11.3 Å². The molecule has 0 fully saturated rings. The Hall–Kier alpha value is -1.75. The lowest BCUT2D eigenvalue weighted by molar-refractivity contribution is 0.560. The molecule has 0 radical (unpaired) electrons. The maximum atomic E-state index is 12.3. The number of aromatic nitrogens is 1. The van der Waals surface area contributed by atoms with Gasteiger partial charge < -0.3 is 0 Å². The van der Waals surface area contributed by atoms with Crippen molar-refractivity contribution in [1.82, 2.24) is 9.71 Å². The molecule has 1 unspecified atom stereocenters. The Labute approximate surface area is 122 Å². The van der Waals surface area contributed by atoms with Crippen molar-refractivity contribution in [2.24, 2.45) is 0 Å². The molecular formula is C13H13N3O2S2. The zero-order valence-electron chi connectivity index (χ0n) is 10.8. The standard InChI is InChI=1S/C13H13N3O2S2/c1-10(8-11-4-3-7-19-11)16-20(17,18)13-5-2-6-15-12(13)9-14/h2-7,10,16H,8H2,1H3. The van der Waals surface area contributed by atoms with Crippen molar-refractivity contribution in [3.8, 4) is 6.07 Å². The summed E-state index contributed by atoms with van der Waals surface area (Å²) < 4.78 is 27.1. The molecule has 2 aromatic heterocycles. The van der Waals surface area contributed by atoms with Crippen LogP contribution in [0.25, 0.3) is 0 Å². The van der Waals surface area contributed by atoms with E-state index in [1.54, 1.807) is 24.3 Å². The fourth-order valence-corrected chi connectivity index (χ4v) is 3.98. The number of rotatable bonds is 5. The van der Waals surface area contributed by atoms with Gasteiger partial charge in [-0.1, -0.05) is 6.07 Å². The Morgan fingerprint density at radius 1 is 1.45 bits per heavy atom. The van der Waals surface area contributed by atoms with Crippen molar-refractivity contribution in [3.63, 3.8) is 0 Å². The van der Waals surface area contributed by atoms with Gasteiger partial charge in [0, 0.05) is 17.1 Å². The van der Waals surface area contributed by atoms with E-state index in [-0.39, 0.29) is 16.6 Å². The fraction of sp³-hybridized carbons (Fsp3) is 0.231. The maximum Gasteiger partial charge on any atom is 0.243 e. The van der Waals surface area contributed by atoms with Crippen molar-refractivity contribution in [3.05, 3.63) is 46.4 Å². The zero-order chi connectivity index (χ0) is 14.6. The number of pyridine rings is 1. The number of hydrogen-bond acceptors (Lipinski definition) is 5. The molecule has 5 nitrogen and oxygen atoms in total. The molecule has 0 aliphatic carbocycles. The minimum atomic E-state index is -3.74. The Morgan fingerprint density at radius 3 is 2.90 bits per heavy atom. The molecule has 0 saturated heterocycles. The van der Waals surface area contributed by atoms with Gasteiger partial charge in [-0.25, -0.2) is 18.1 Å². The highest BCUT2D eigenvalue weighted by molar-refractivity contribution is 7.89. The van der Waals surface area contributed by atoms with Crippen LogP contribution in [0.5, 0.6) is 0 Å². The molecule has 0 spiro atoms. The minimum Gasteiger partial charge on any atom is -0.244 e. The molecule has 2 aromatic rings. The SMILES string of the molecule is CC(Cc1cccs1)NS(=O)(=O)c1cccnc1C#N. The Balaban J connectivity index is 2.17. The third-order valence-corrected chi connectivity index (χ3v) is 5.13. The zero-order valence-corrected chi connectivity index (χ0v) is 12.4. The number of hydrogen-bond donors (Lipinski definition) is 1. The van der Waals surface area contributed by atoms with E-state index >= 15 is 0 Å². The summed E-state index contributed by atoms with van der Waals surface area (Å²) in [5.41, 5.74) is -0.0941. The van der Waals surface area contributed by atoms with Crippen molar-refractivity contribution in [2.75, 3.05) is 0 Å². The van der Waals surface area contributed by atoms with Gasteiger partial charge in [-0.15, -0.1) is 11.3 Å². The van der Waals surface area contributed by atoms with Crippen LogP contribution in [0.2, 0.25) is 0 Å². The molecule has 1 atom stereocenters. The van der Waals surface area contributed by atoms with Gasteiger partial charge >= 0.3 is 0 Å². The first kappa shape index (κ1) is 14.7. The summed E-state index contributed by atoms with van der Waals surface area (Å²) in [6, 6.07) is 8.30. The van der Waals surface area contributed by atoms with Gasteiger partial charge in [-0.2, -0.15) is 5.26 Å². The van der Waals surface area contributed by atoms with Crippen LogP contribution in [-0.2, 0) is 16.4 Å². The van der Waals surface area contributed by atoms with Gasteiger partial charge in [0.05, 0.1) is 0 Å². The molecule has 0 saturated carbocycles. The first-order valence-electron chi connectivity index (χ1n) is 5.93. The summed E-state index contributed by atoms with van der Waals surface area (Å²) in [6.45, 7) is 1.79. The Bertz CT molecular complexity index is 718. The molecular weight excluding hydrogens is 294 g/mol. The molecule has 104 valence electrons. The van der Waals surface area contributed by atoms with E-state index in [9.17, 15) is 8.42 Å². The third kappa shape index (κ3) is 3.42. The summed E-state index contributed by atoms with van der Waals surface area (Å²) in [5, 5.41) is 10.9. The van der Waals surface area contributed by atoms with Crippen molar-refractivity contribution in [2.45, 2.75) is 24.3 Å². The van der Waals surface area contributed by atoms with Crippen LogP contribution in [-0.4, -0.2) is 19.4 Å². The van der Waals surface area contributed by atoms with Gasteiger partial charge in [-0.05, 0) is 36.9 Å². The molecule has 20 heavy (non-hydrogen) atoms. The first-order chi connectivity index (χ1) is 9.53. The summed E-state index contributed by atoms with van der Waals surface area (Å²) in [4.78, 5) is 4.79. The smallest absolute Gasteiger partial charge is 0.243 e. The highest BCUT2D eigenvalue weighted by Crippen LogP contribution is 2.15. The number of nitrogens with zero attached hydrogens (tertiary/aromatic N) is 2. The largest absolute Gasteiger partial charge is 0.244 e. The number of sulfonamides is 1. The van der Waals surface area contributed by atoms with Gasteiger partial charge in [0.1, 0.15) is 11.0 Å². The molecule has 0 bridgehead atoms. The van der Waals surface area contributed by atoms with E-state index in [4.69, 9.17) is 5.26 Å². The molecule has 1 N–H and O–H groups in total. The summed E-state index contributed by atoms with van der Waals surface area (Å²) in [6.07, 6.45) is 2.01. The normalized spacial score (nSPS) is 12.8. The average molecular weight is 307 g/mol. The second-order valence-electron chi connectivity index (χ2n) is 4.27. The third-order valence-electron chi connectivity index (χ3n) is 2.61. The van der Waals surface area contributed by atoms with E-state index in [1.165, 1.54) is 18.3 Å². The lowest BCUT2D eigenvalue weighted by Crippen LogP contribution is -2.34. The second kappa shape index (κ2) is 6.13. The summed E-state index contributed by atoms with van der Waals surface area (Å²) >= 11 is 1.58. The van der Waals surface area contributed by atoms with Crippen LogP contribution < -0.4 is 4.72 Å². The molecule has 2 heterocycles. The van der Waals surface area contributed by atoms with Gasteiger partial charge in [-0.3, -0.25) is 0 Å². The quantitative estimate of drug-likeness (QED) is 0.915. The maximum absolute atomic E-state index is 12.3. The highest BCUT2D eigenvalue weighted by Gasteiger charge is 2.21. The molecule has 0 aromatic carbocycles. The predicted octanol–water partition coefficient (Wildman–Crippen LogP) is 1.92. The lowest BCUT2D eigenvalue weighted by Gasteiger charge is -2.13. The Kier molecular flexibility index (Phi) is 4.49. The number of thiophene rings is 1. The lowest BCUT2D eigenvalue weighted by atomic mass is 10.2. The van der Waals surface area contributed by atoms with Crippen LogP contribution in [0.15, 0.2) is 40.7 Å².